The molecular weight excluding hydrogens is 390 g/mol. The second-order valence-electron chi connectivity index (χ2n) is 7.58. The zero-order valence-electron chi connectivity index (χ0n) is 16.5. The summed E-state index contributed by atoms with van der Waals surface area (Å²) in [6.07, 6.45) is 0.908. The summed E-state index contributed by atoms with van der Waals surface area (Å²) in [6.45, 7) is 7.24. The van der Waals surface area contributed by atoms with Crippen molar-refractivity contribution in [2.75, 3.05) is 6.61 Å². The van der Waals surface area contributed by atoms with Crippen LogP contribution in [-0.4, -0.2) is 28.1 Å². The van der Waals surface area contributed by atoms with Crippen molar-refractivity contribution in [1.29, 1.82) is 15.9 Å². The Kier molecular flexibility index (Phi) is 5.12. The van der Waals surface area contributed by atoms with Crippen molar-refractivity contribution in [3.8, 4) is 17.1 Å². The van der Waals surface area contributed by atoms with Crippen LogP contribution in [0.3, 0.4) is 0 Å². The fourth-order valence-electron chi connectivity index (χ4n) is 3.47. The Morgan fingerprint density at radius 2 is 1.97 bits per heavy atom. The third kappa shape index (κ3) is 3.34. The van der Waals surface area contributed by atoms with Crippen LogP contribution in [0.5, 0.6) is 0 Å². The summed E-state index contributed by atoms with van der Waals surface area (Å²) in [4.78, 5) is 25.4. The van der Waals surface area contributed by atoms with Crippen molar-refractivity contribution in [2.45, 2.75) is 40.5 Å². The third-order valence-corrected chi connectivity index (χ3v) is 6.05. The highest BCUT2D eigenvalue weighted by molar-refractivity contribution is 7.17. The summed E-state index contributed by atoms with van der Waals surface area (Å²) >= 11 is 1.07. The molecule has 1 aliphatic carbocycles. The van der Waals surface area contributed by atoms with Gasteiger partial charge in [0.2, 0.25) is 0 Å². The molecule has 0 amide bonds. The van der Waals surface area contributed by atoms with Gasteiger partial charge in [-0.2, -0.15) is 15.6 Å². The third-order valence-electron chi connectivity index (χ3n) is 4.80. The number of nitrogens with zero attached hydrogens (tertiary/aromatic N) is 4. The summed E-state index contributed by atoms with van der Waals surface area (Å²) in [5.74, 6) is -0.776. The number of thiophene rings is 1. The van der Waals surface area contributed by atoms with Crippen LogP contribution in [0.15, 0.2) is 0 Å². The number of Topliss-reactive ketones (excluding diaryl/α,β-unsaturated/α-hetero) is 1. The van der Waals surface area contributed by atoms with Crippen molar-refractivity contribution in [2.24, 2.45) is 5.41 Å². The molecule has 3 rings (SSSR count). The lowest BCUT2D eigenvalue weighted by Gasteiger charge is -2.28. The maximum Gasteiger partial charge on any atom is 0.359 e. The molecule has 2 aromatic rings. The molecule has 0 fully saturated rings. The van der Waals surface area contributed by atoms with Crippen LogP contribution in [-0.2, 0) is 11.2 Å². The van der Waals surface area contributed by atoms with Gasteiger partial charge in [0.1, 0.15) is 22.7 Å². The van der Waals surface area contributed by atoms with E-state index < -0.39 is 5.97 Å². The Morgan fingerprint density at radius 1 is 1.31 bits per heavy atom. The summed E-state index contributed by atoms with van der Waals surface area (Å²) in [5.41, 5.74) is 0.464. The minimum absolute atomic E-state index is 0.0371. The van der Waals surface area contributed by atoms with E-state index in [1.165, 1.54) is 6.92 Å². The Bertz CT molecular complexity index is 1190. The van der Waals surface area contributed by atoms with Gasteiger partial charge in [0.05, 0.1) is 17.0 Å². The predicted molar refractivity (Wildman–Crippen MR) is 104 cm³/mol. The lowest BCUT2D eigenvalue weighted by Crippen LogP contribution is -2.29. The van der Waals surface area contributed by atoms with Crippen LogP contribution < -0.4 is 5.49 Å². The highest BCUT2D eigenvalue weighted by Gasteiger charge is 2.36. The molecule has 1 aliphatic rings. The number of esters is 1. The number of hydrogen-bond acceptors (Lipinski definition) is 8. The first-order chi connectivity index (χ1) is 13.6. The van der Waals surface area contributed by atoms with E-state index in [4.69, 9.17) is 10.1 Å². The molecule has 0 aliphatic heterocycles. The first kappa shape index (κ1) is 20.4. The predicted octanol–water partition coefficient (Wildman–Crippen LogP) is 2.80. The Balaban J connectivity index is 2.33. The van der Waals surface area contributed by atoms with E-state index in [-0.39, 0.29) is 50.7 Å². The molecule has 8 nitrogen and oxygen atoms in total. The fraction of sp³-hybridized carbons (Fsp3) is 0.400. The van der Waals surface area contributed by atoms with Gasteiger partial charge < -0.3 is 4.74 Å². The van der Waals surface area contributed by atoms with Crippen LogP contribution in [0.25, 0.3) is 5.00 Å². The van der Waals surface area contributed by atoms with Crippen molar-refractivity contribution in [3.05, 3.63) is 38.3 Å². The number of nitrogens with one attached hydrogen (secondary N) is 1. The topological polar surface area (TPSA) is 133 Å². The lowest BCUT2D eigenvalue weighted by molar-refractivity contribution is 0.0516. The molecule has 29 heavy (non-hydrogen) atoms. The second-order valence-corrected chi connectivity index (χ2v) is 8.58. The minimum Gasteiger partial charge on any atom is -0.461 e. The summed E-state index contributed by atoms with van der Waals surface area (Å²) in [5, 5.41) is 32.2. The molecule has 0 atom stereocenters. The molecule has 2 heterocycles. The summed E-state index contributed by atoms with van der Waals surface area (Å²) in [6, 6.07) is 4.06. The maximum absolute atomic E-state index is 12.6. The van der Waals surface area contributed by atoms with Gasteiger partial charge in [0, 0.05) is 12.0 Å². The lowest BCUT2D eigenvalue weighted by atomic mass is 9.75. The standard InChI is InChI=1S/C20H19N5O3S/c1-5-28-19(27)15-10(2)12(8-21)17(23)25(24-15)18-13(9-22)11-6-20(3,4)7-14(26)16(11)29-18/h23H,5-7H2,1-4H3. The highest BCUT2D eigenvalue weighted by atomic mass is 32.1. The van der Waals surface area contributed by atoms with Gasteiger partial charge >= 0.3 is 5.97 Å². The minimum atomic E-state index is -0.715. The first-order valence-corrected chi connectivity index (χ1v) is 9.82. The van der Waals surface area contributed by atoms with Crippen molar-refractivity contribution < 1.29 is 14.3 Å². The van der Waals surface area contributed by atoms with Gasteiger partial charge in [-0.15, -0.1) is 11.3 Å². The molecule has 1 N–H and O–H groups in total. The van der Waals surface area contributed by atoms with Gasteiger partial charge in [-0.1, -0.05) is 13.8 Å². The van der Waals surface area contributed by atoms with Crippen molar-refractivity contribution in [1.82, 2.24) is 9.78 Å². The number of rotatable bonds is 3. The Labute approximate surface area is 171 Å². The van der Waals surface area contributed by atoms with Crippen LogP contribution >= 0.6 is 11.3 Å². The molecule has 0 unspecified atom stereocenters. The average molecular weight is 409 g/mol. The second kappa shape index (κ2) is 7.26. The molecule has 0 bridgehead atoms. The van der Waals surface area contributed by atoms with E-state index >= 15 is 0 Å². The number of hydrogen-bond donors (Lipinski definition) is 1. The molecule has 2 aromatic heterocycles. The normalized spacial score (nSPS) is 14.6. The number of carbonyl (C=O) groups excluding carboxylic acids is 2. The molecule has 9 heteroatoms. The number of ether oxygens (including phenoxy) is 1. The first-order valence-electron chi connectivity index (χ1n) is 9.00. The average Bonchev–Trinajstić information content (AvgIpc) is 2.99. The monoisotopic (exact) mass is 409 g/mol. The molecule has 0 spiro atoms. The van der Waals surface area contributed by atoms with Gasteiger partial charge in [0.25, 0.3) is 0 Å². The van der Waals surface area contributed by atoms with Gasteiger partial charge in [-0.05, 0) is 31.2 Å². The molecule has 0 saturated carbocycles. The van der Waals surface area contributed by atoms with Crippen LogP contribution in [0.2, 0.25) is 0 Å². The van der Waals surface area contributed by atoms with Crippen molar-refractivity contribution >= 4 is 23.1 Å². The van der Waals surface area contributed by atoms with Crippen LogP contribution in [0.1, 0.15) is 69.6 Å². The van der Waals surface area contributed by atoms with E-state index in [1.54, 1.807) is 6.92 Å². The van der Waals surface area contributed by atoms with E-state index in [2.05, 4.69) is 11.2 Å². The van der Waals surface area contributed by atoms with Crippen LogP contribution in [0, 0.1) is 40.4 Å². The van der Waals surface area contributed by atoms with Gasteiger partial charge in [-0.3, -0.25) is 10.2 Å². The van der Waals surface area contributed by atoms with E-state index in [9.17, 15) is 20.1 Å². The van der Waals surface area contributed by atoms with E-state index in [1.807, 2.05) is 19.9 Å². The summed E-state index contributed by atoms with van der Waals surface area (Å²) in [7, 11) is 0. The maximum atomic E-state index is 12.6. The van der Waals surface area contributed by atoms with Gasteiger partial charge in [-0.25, -0.2) is 9.48 Å². The fourth-order valence-corrected chi connectivity index (χ4v) is 4.64. The molecule has 0 radical (unpaired) electrons. The smallest absolute Gasteiger partial charge is 0.359 e. The number of carbonyl (C=O) groups is 2. The van der Waals surface area contributed by atoms with Crippen LogP contribution in [0.4, 0.5) is 0 Å². The SMILES string of the molecule is CCOC(=O)c1nn(-c2sc3c(c2C#N)CC(C)(C)CC3=O)c(=N)c(C#N)c1C. The van der Waals surface area contributed by atoms with E-state index in [0.717, 1.165) is 16.0 Å². The Hall–Kier alpha value is -3.30. The van der Waals surface area contributed by atoms with E-state index in [0.29, 0.717) is 23.3 Å². The number of nitriles is 2. The zero-order chi connectivity index (χ0) is 21.5. The zero-order valence-corrected chi connectivity index (χ0v) is 17.4. The number of ketones is 1. The van der Waals surface area contributed by atoms with Crippen molar-refractivity contribution in [3.63, 3.8) is 0 Å². The quantitative estimate of drug-likeness (QED) is 0.775. The summed E-state index contributed by atoms with van der Waals surface area (Å²) < 4.78 is 6.12. The molecule has 148 valence electrons. The molecular formula is C20H19N5O3S. The highest BCUT2D eigenvalue weighted by Crippen LogP contribution is 2.42. The van der Waals surface area contributed by atoms with Gasteiger partial charge in [0.15, 0.2) is 17.0 Å². The molecule has 0 saturated heterocycles. The number of aromatic nitrogens is 2. The largest absolute Gasteiger partial charge is 0.461 e. The Morgan fingerprint density at radius 3 is 2.55 bits per heavy atom. The number of fused-ring (bicyclic) bond motifs is 1. The molecule has 0 aromatic carbocycles.